The molecule has 0 aliphatic carbocycles. The molecule has 0 atom stereocenters. The first-order valence-electron chi connectivity index (χ1n) is 8.21. The van der Waals surface area contributed by atoms with Crippen LogP contribution in [-0.4, -0.2) is 16.2 Å². The van der Waals surface area contributed by atoms with Crippen LogP contribution in [0, 0.1) is 5.82 Å². The molecule has 4 rings (SSSR count). The van der Waals surface area contributed by atoms with Crippen LogP contribution in [0.25, 0.3) is 10.6 Å². The van der Waals surface area contributed by atoms with E-state index < -0.39 is 17.6 Å². The highest BCUT2D eigenvalue weighted by Gasteiger charge is 2.36. The van der Waals surface area contributed by atoms with Gasteiger partial charge >= 0.3 is 6.18 Å². The minimum Gasteiger partial charge on any atom is -0.322 e. The summed E-state index contributed by atoms with van der Waals surface area (Å²) in [4.78, 5) is 9.05. The molecular formula is C18H14F4N4S2. The standard InChI is InChI=1S/C18H14F4N4S2/c1-27-11-4-15(28-8-11)16-12(18(20,21)22)7-24-17(26-16)25-14-3-10-6-23-5-9(10)2-13(14)19/h2-4,7-8,23H,5-6H2,1H3,(H,24,25,26). The van der Waals surface area contributed by atoms with Crippen LogP contribution >= 0.6 is 23.1 Å². The Morgan fingerprint density at radius 2 is 1.93 bits per heavy atom. The first kappa shape index (κ1) is 19.2. The molecule has 10 heteroatoms. The van der Waals surface area contributed by atoms with Crippen molar-refractivity contribution in [3.8, 4) is 10.6 Å². The van der Waals surface area contributed by atoms with Gasteiger partial charge in [-0.2, -0.15) is 13.2 Å². The number of thioether (sulfide) groups is 1. The van der Waals surface area contributed by atoms with Crippen molar-refractivity contribution in [1.29, 1.82) is 0 Å². The van der Waals surface area contributed by atoms with Gasteiger partial charge in [0.15, 0.2) is 0 Å². The average molecular weight is 426 g/mol. The maximum atomic E-state index is 14.3. The van der Waals surface area contributed by atoms with E-state index in [1.807, 2.05) is 6.26 Å². The molecule has 3 aromatic rings. The van der Waals surface area contributed by atoms with E-state index in [-0.39, 0.29) is 17.3 Å². The molecule has 146 valence electrons. The van der Waals surface area contributed by atoms with Crippen LogP contribution in [0.4, 0.5) is 29.2 Å². The van der Waals surface area contributed by atoms with Crippen molar-refractivity contribution in [3.63, 3.8) is 0 Å². The quantitative estimate of drug-likeness (QED) is 0.430. The molecule has 0 spiro atoms. The summed E-state index contributed by atoms with van der Waals surface area (Å²) < 4.78 is 54.6. The molecule has 1 aliphatic rings. The summed E-state index contributed by atoms with van der Waals surface area (Å²) in [6, 6.07) is 4.69. The van der Waals surface area contributed by atoms with E-state index in [2.05, 4.69) is 20.6 Å². The van der Waals surface area contributed by atoms with Crippen LogP contribution in [0.1, 0.15) is 16.7 Å². The monoisotopic (exact) mass is 426 g/mol. The number of fused-ring (bicyclic) bond motifs is 1. The minimum absolute atomic E-state index is 0.0908. The number of thiophene rings is 1. The van der Waals surface area contributed by atoms with Crippen molar-refractivity contribution in [2.45, 2.75) is 24.2 Å². The molecule has 0 saturated carbocycles. The summed E-state index contributed by atoms with van der Waals surface area (Å²) in [5.41, 5.74) is 0.771. The van der Waals surface area contributed by atoms with Crippen molar-refractivity contribution < 1.29 is 17.6 Å². The van der Waals surface area contributed by atoms with Crippen LogP contribution in [0.15, 0.2) is 34.7 Å². The van der Waals surface area contributed by atoms with Gasteiger partial charge in [0.25, 0.3) is 0 Å². The number of hydrogen-bond acceptors (Lipinski definition) is 6. The SMILES string of the molecule is CSc1csc(-c2nc(Nc3cc4c(cc3F)CNC4)ncc2C(F)(F)F)c1. The largest absolute Gasteiger partial charge is 0.420 e. The zero-order valence-electron chi connectivity index (χ0n) is 14.5. The lowest BCUT2D eigenvalue weighted by Gasteiger charge is -2.13. The summed E-state index contributed by atoms with van der Waals surface area (Å²) in [5, 5.41) is 7.60. The van der Waals surface area contributed by atoms with Gasteiger partial charge in [-0.15, -0.1) is 23.1 Å². The second kappa shape index (κ2) is 7.34. The van der Waals surface area contributed by atoms with Gasteiger partial charge in [0.1, 0.15) is 11.4 Å². The van der Waals surface area contributed by atoms with Crippen molar-refractivity contribution in [2.75, 3.05) is 11.6 Å². The summed E-state index contributed by atoms with van der Waals surface area (Å²) in [6.45, 7) is 1.19. The number of nitrogens with zero attached hydrogens (tertiary/aromatic N) is 2. The third-order valence-electron chi connectivity index (χ3n) is 4.31. The number of benzene rings is 1. The number of halogens is 4. The Bertz CT molecular complexity index is 1030. The molecule has 28 heavy (non-hydrogen) atoms. The van der Waals surface area contributed by atoms with Crippen LogP contribution in [0.2, 0.25) is 0 Å². The average Bonchev–Trinajstić information content (AvgIpc) is 3.30. The lowest BCUT2D eigenvalue weighted by atomic mass is 10.1. The first-order valence-corrected chi connectivity index (χ1v) is 10.3. The third-order valence-corrected chi connectivity index (χ3v) is 6.10. The molecular weight excluding hydrogens is 412 g/mol. The predicted molar refractivity (Wildman–Crippen MR) is 102 cm³/mol. The smallest absolute Gasteiger partial charge is 0.322 e. The molecule has 0 fully saturated rings. The highest BCUT2D eigenvalue weighted by Crippen LogP contribution is 2.39. The maximum absolute atomic E-state index is 14.3. The Morgan fingerprint density at radius 1 is 1.18 bits per heavy atom. The Labute approximate surface area is 166 Å². The van der Waals surface area contributed by atoms with Crippen LogP contribution in [0.5, 0.6) is 0 Å². The Morgan fingerprint density at radius 3 is 2.61 bits per heavy atom. The van der Waals surface area contributed by atoms with Gasteiger partial charge in [-0.05, 0) is 35.6 Å². The van der Waals surface area contributed by atoms with E-state index in [0.29, 0.717) is 18.0 Å². The first-order chi connectivity index (χ1) is 13.3. The Hall–Kier alpha value is -2.17. The summed E-state index contributed by atoms with van der Waals surface area (Å²) in [5.74, 6) is -0.597. The fourth-order valence-electron chi connectivity index (χ4n) is 2.92. The molecule has 4 nitrogen and oxygen atoms in total. The van der Waals surface area contributed by atoms with Gasteiger partial charge in [0.2, 0.25) is 5.95 Å². The minimum atomic E-state index is -4.60. The van der Waals surface area contributed by atoms with Crippen molar-refractivity contribution >= 4 is 34.7 Å². The molecule has 1 aliphatic heterocycles. The fourth-order valence-corrected chi connectivity index (χ4v) is 4.54. The molecule has 0 radical (unpaired) electrons. The topological polar surface area (TPSA) is 49.8 Å². The molecule has 2 N–H and O–H groups in total. The normalized spacial score (nSPS) is 13.6. The van der Waals surface area contributed by atoms with Gasteiger partial charge in [0.05, 0.1) is 16.3 Å². The van der Waals surface area contributed by atoms with Gasteiger partial charge in [0, 0.05) is 29.6 Å². The van der Waals surface area contributed by atoms with Gasteiger partial charge in [-0.1, -0.05) is 0 Å². The van der Waals surface area contributed by atoms with Crippen molar-refractivity contribution in [1.82, 2.24) is 15.3 Å². The second-order valence-corrected chi connectivity index (χ2v) is 7.92. The predicted octanol–water partition coefficient (Wildman–Crippen LogP) is 5.43. The summed E-state index contributed by atoms with van der Waals surface area (Å²) in [6.07, 6.45) is -2.02. The van der Waals surface area contributed by atoms with E-state index in [1.165, 1.54) is 29.2 Å². The Kier molecular flexibility index (Phi) is 5.02. The maximum Gasteiger partial charge on any atom is 0.420 e. The number of rotatable bonds is 4. The molecule has 0 unspecified atom stereocenters. The zero-order valence-corrected chi connectivity index (χ0v) is 16.2. The number of nitrogens with one attached hydrogen (secondary N) is 2. The summed E-state index contributed by atoms with van der Waals surface area (Å²) in [7, 11) is 0. The van der Waals surface area contributed by atoms with E-state index in [0.717, 1.165) is 22.2 Å². The zero-order chi connectivity index (χ0) is 19.9. The van der Waals surface area contributed by atoms with Gasteiger partial charge in [-0.25, -0.2) is 14.4 Å². The van der Waals surface area contributed by atoms with Crippen LogP contribution in [-0.2, 0) is 19.3 Å². The van der Waals surface area contributed by atoms with Crippen LogP contribution in [0.3, 0.4) is 0 Å². The number of anilines is 2. The molecule has 0 saturated heterocycles. The van der Waals surface area contributed by atoms with Gasteiger partial charge in [-0.3, -0.25) is 0 Å². The van der Waals surface area contributed by atoms with Crippen molar-refractivity contribution in [3.05, 3.63) is 52.3 Å². The highest BCUT2D eigenvalue weighted by molar-refractivity contribution is 7.98. The molecule has 0 bridgehead atoms. The molecule has 0 amide bonds. The summed E-state index contributed by atoms with van der Waals surface area (Å²) >= 11 is 2.60. The van der Waals surface area contributed by atoms with Gasteiger partial charge < -0.3 is 10.6 Å². The number of hydrogen-bond donors (Lipinski definition) is 2. The van der Waals surface area contributed by atoms with E-state index in [4.69, 9.17) is 0 Å². The second-order valence-electron chi connectivity index (χ2n) is 6.13. The van der Waals surface area contributed by atoms with E-state index >= 15 is 0 Å². The third kappa shape index (κ3) is 3.71. The lowest BCUT2D eigenvalue weighted by Crippen LogP contribution is -2.11. The van der Waals surface area contributed by atoms with Crippen LogP contribution < -0.4 is 10.6 Å². The lowest BCUT2D eigenvalue weighted by molar-refractivity contribution is -0.137. The number of aromatic nitrogens is 2. The van der Waals surface area contributed by atoms with Crippen molar-refractivity contribution in [2.24, 2.45) is 0 Å². The number of alkyl halides is 3. The molecule has 2 aromatic heterocycles. The van der Waals surface area contributed by atoms with E-state index in [9.17, 15) is 17.6 Å². The molecule has 1 aromatic carbocycles. The van der Waals surface area contributed by atoms with E-state index in [1.54, 1.807) is 17.5 Å². The fraction of sp³-hybridized carbons (Fsp3) is 0.222. The Balaban J connectivity index is 1.74. The highest BCUT2D eigenvalue weighted by atomic mass is 32.2. The molecule has 3 heterocycles.